The highest BCUT2D eigenvalue weighted by molar-refractivity contribution is 5.80. The topological polar surface area (TPSA) is 40.6 Å². The summed E-state index contributed by atoms with van der Waals surface area (Å²) < 4.78 is 0. The van der Waals surface area contributed by atoms with Crippen LogP contribution >= 0.6 is 0 Å². The van der Waals surface area contributed by atoms with E-state index in [0.717, 1.165) is 25.9 Å². The van der Waals surface area contributed by atoms with Crippen molar-refractivity contribution < 1.29 is 9.59 Å². The Morgan fingerprint density at radius 3 is 1.68 bits per heavy atom. The lowest BCUT2D eigenvalue weighted by Gasteiger charge is -2.12. The van der Waals surface area contributed by atoms with E-state index >= 15 is 0 Å². The molecule has 0 aromatic carbocycles. The van der Waals surface area contributed by atoms with Crippen LogP contribution in [-0.4, -0.2) is 48.8 Å². The minimum atomic E-state index is 0. The maximum Gasteiger partial charge on any atom is 0.225 e. The van der Waals surface area contributed by atoms with E-state index in [1.807, 2.05) is 23.9 Å². The molecule has 22 heavy (non-hydrogen) atoms. The third kappa shape index (κ3) is 5.98. The number of carbonyl (C=O) groups is 2. The molecule has 2 amide bonds. The van der Waals surface area contributed by atoms with E-state index < -0.39 is 0 Å². The highest BCUT2D eigenvalue weighted by Crippen LogP contribution is 2.24. The summed E-state index contributed by atoms with van der Waals surface area (Å²) in [6.07, 6.45) is 1.81. The third-order valence-electron chi connectivity index (χ3n) is 4.59. The quantitative estimate of drug-likeness (QED) is 0.782. The van der Waals surface area contributed by atoms with E-state index in [1.54, 1.807) is 0 Å². The van der Waals surface area contributed by atoms with Crippen LogP contribution < -0.4 is 0 Å². The first-order valence-corrected chi connectivity index (χ1v) is 7.73. The van der Waals surface area contributed by atoms with Crippen LogP contribution in [0.15, 0.2) is 0 Å². The van der Waals surface area contributed by atoms with Gasteiger partial charge in [-0.1, -0.05) is 42.5 Å². The molecule has 0 aromatic rings. The number of likely N-dealkylation sites (tertiary alicyclic amines) is 2. The van der Waals surface area contributed by atoms with Crippen LogP contribution in [0.4, 0.5) is 0 Å². The summed E-state index contributed by atoms with van der Waals surface area (Å²) >= 11 is 0. The summed E-state index contributed by atoms with van der Waals surface area (Å²) in [7, 11) is 3.76. The molecule has 132 valence electrons. The molecule has 2 heterocycles. The molecule has 0 N–H and O–H groups in total. The summed E-state index contributed by atoms with van der Waals surface area (Å²) in [6.45, 7) is 10.5. The summed E-state index contributed by atoms with van der Waals surface area (Å²) in [6, 6.07) is 0. The summed E-state index contributed by atoms with van der Waals surface area (Å²) in [5, 5.41) is 0. The van der Waals surface area contributed by atoms with Gasteiger partial charge in [-0.25, -0.2) is 0 Å². The molecular weight excluding hydrogens is 276 g/mol. The van der Waals surface area contributed by atoms with E-state index in [2.05, 4.69) is 27.7 Å². The highest BCUT2D eigenvalue weighted by Gasteiger charge is 2.31. The molecule has 2 saturated heterocycles. The molecule has 0 bridgehead atoms. The maximum atomic E-state index is 11.3. The average Bonchev–Trinajstić information content (AvgIpc) is 2.86. The van der Waals surface area contributed by atoms with Gasteiger partial charge in [-0.15, -0.1) is 0 Å². The van der Waals surface area contributed by atoms with Crippen LogP contribution in [0.3, 0.4) is 0 Å². The zero-order valence-electron chi connectivity index (χ0n) is 13.8. The average molecular weight is 315 g/mol. The van der Waals surface area contributed by atoms with Crippen molar-refractivity contribution in [3.05, 3.63) is 0 Å². The summed E-state index contributed by atoms with van der Waals surface area (Å²) in [4.78, 5) is 25.9. The van der Waals surface area contributed by atoms with Gasteiger partial charge in [0.25, 0.3) is 0 Å². The highest BCUT2D eigenvalue weighted by atomic mass is 16.2. The Hall–Kier alpha value is -1.06. The van der Waals surface area contributed by atoms with Crippen molar-refractivity contribution in [2.75, 3.05) is 27.2 Å². The fraction of sp³-hybridized carbons (Fsp3) is 0.889. The second kappa shape index (κ2) is 9.86. The molecule has 2 aliphatic heterocycles. The van der Waals surface area contributed by atoms with Gasteiger partial charge >= 0.3 is 0 Å². The Labute approximate surface area is 138 Å². The van der Waals surface area contributed by atoms with Crippen LogP contribution in [0.2, 0.25) is 0 Å². The monoisotopic (exact) mass is 314 g/mol. The van der Waals surface area contributed by atoms with E-state index in [9.17, 15) is 9.59 Å². The molecule has 2 fully saturated rings. The predicted octanol–water partition coefficient (Wildman–Crippen LogP) is 3.51. The number of amides is 2. The van der Waals surface area contributed by atoms with Gasteiger partial charge in [0.15, 0.2) is 0 Å². The Kier molecular flexibility index (Phi) is 10.4. The van der Waals surface area contributed by atoms with Crippen molar-refractivity contribution in [3.8, 4) is 0 Å². The first-order valence-electron chi connectivity index (χ1n) is 7.73. The van der Waals surface area contributed by atoms with Crippen LogP contribution in [0, 0.1) is 23.7 Å². The first-order chi connectivity index (χ1) is 9.23. The van der Waals surface area contributed by atoms with Crippen LogP contribution in [0.25, 0.3) is 0 Å². The number of hydrogen-bond donors (Lipinski definition) is 0. The smallest absolute Gasteiger partial charge is 0.225 e. The van der Waals surface area contributed by atoms with Gasteiger partial charge < -0.3 is 9.80 Å². The van der Waals surface area contributed by atoms with Crippen LogP contribution in [-0.2, 0) is 9.59 Å². The van der Waals surface area contributed by atoms with E-state index in [1.165, 1.54) is 0 Å². The summed E-state index contributed by atoms with van der Waals surface area (Å²) in [5.41, 5.74) is 0. The lowest BCUT2D eigenvalue weighted by atomic mass is 9.95. The lowest BCUT2D eigenvalue weighted by Crippen LogP contribution is -2.24. The van der Waals surface area contributed by atoms with Gasteiger partial charge in [-0.05, 0) is 24.2 Å². The second-order valence-corrected chi connectivity index (χ2v) is 6.88. The van der Waals surface area contributed by atoms with E-state index in [-0.39, 0.29) is 14.9 Å². The Bertz CT molecular complexity index is 353. The Balaban J connectivity index is 0. The Morgan fingerprint density at radius 2 is 1.50 bits per heavy atom. The van der Waals surface area contributed by atoms with E-state index in [4.69, 9.17) is 0 Å². The van der Waals surface area contributed by atoms with Crippen LogP contribution in [0.5, 0.6) is 0 Å². The predicted molar refractivity (Wildman–Crippen MR) is 94.6 cm³/mol. The number of carbonyl (C=O) groups excluding carboxylic acids is 2. The standard InChI is InChI=1S/2C8H15NO.2CH4/c1-6(2)7-4-8(10)9(3)5-7;1-6(2)7-4-5-9(3)8(7)10;;/h2*6-7H,4-5H2,1-3H3;2*1H4. The van der Waals surface area contributed by atoms with Gasteiger partial charge in [-0.3, -0.25) is 9.59 Å². The van der Waals surface area contributed by atoms with Crippen molar-refractivity contribution >= 4 is 11.8 Å². The normalized spacial score (nSPS) is 24.2. The maximum absolute atomic E-state index is 11.3. The van der Waals surface area contributed by atoms with Crippen LogP contribution in [0.1, 0.15) is 55.4 Å². The molecule has 2 atom stereocenters. The fourth-order valence-corrected chi connectivity index (χ4v) is 2.81. The first kappa shape index (κ1) is 23.2. The molecule has 4 heteroatoms. The second-order valence-electron chi connectivity index (χ2n) is 6.88. The van der Waals surface area contributed by atoms with Gasteiger partial charge in [0, 0.05) is 39.5 Å². The van der Waals surface area contributed by atoms with E-state index in [0.29, 0.717) is 35.5 Å². The van der Waals surface area contributed by atoms with Gasteiger partial charge in [-0.2, -0.15) is 0 Å². The molecule has 0 aromatic heterocycles. The van der Waals surface area contributed by atoms with Crippen molar-refractivity contribution in [1.29, 1.82) is 0 Å². The number of hydrogen-bond acceptors (Lipinski definition) is 2. The minimum Gasteiger partial charge on any atom is -0.345 e. The molecule has 0 aliphatic carbocycles. The summed E-state index contributed by atoms with van der Waals surface area (Å²) in [5.74, 6) is 2.68. The molecule has 4 nitrogen and oxygen atoms in total. The molecule has 0 saturated carbocycles. The molecule has 2 aliphatic rings. The zero-order chi connectivity index (χ0) is 15.4. The lowest BCUT2D eigenvalue weighted by molar-refractivity contribution is -0.131. The molecule has 2 unspecified atom stereocenters. The zero-order valence-corrected chi connectivity index (χ0v) is 13.8. The molecule has 0 radical (unpaired) electrons. The van der Waals surface area contributed by atoms with Gasteiger partial charge in [0.2, 0.25) is 11.8 Å². The molecular formula is C18H38N2O2. The van der Waals surface area contributed by atoms with Gasteiger partial charge in [0.05, 0.1) is 0 Å². The number of nitrogens with zero attached hydrogens (tertiary/aromatic N) is 2. The Morgan fingerprint density at radius 1 is 0.955 bits per heavy atom. The van der Waals surface area contributed by atoms with Gasteiger partial charge in [0.1, 0.15) is 0 Å². The van der Waals surface area contributed by atoms with Crippen molar-refractivity contribution in [2.24, 2.45) is 23.7 Å². The largest absolute Gasteiger partial charge is 0.345 e. The molecule has 0 spiro atoms. The fourth-order valence-electron chi connectivity index (χ4n) is 2.81. The SMILES string of the molecule is C.C.CC(C)C1CC(=O)N(C)C1.CC(C)C1CCN(C)C1=O. The van der Waals surface area contributed by atoms with Crippen molar-refractivity contribution in [3.63, 3.8) is 0 Å². The minimum absolute atomic E-state index is 0. The molecule has 2 rings (SSSR count). The van der Waals surface area contributed by atoms with Crippen molar-refractivity contribution in [1.82, 2.24) is 9.80 Å². The van der Waals surface area contributed by atoms with Crippen molar-refractivity contribution in [2.45, 2.75) is 55.4 Å². The number of rotatable bonds is 2. The third-order valence-corrected chi connectivity index (χ3v) is 4.59.